The van der Waals surface area contributed by atoms with Crippen LogP contribution in [0.4, 0.5) is 0 Å². The lowest BCUT2D eigenvalue weighted by atomic mass is 10.2. The van der Waals surface area contributed by atoms with E-state index in [2.05, 4.69) is 4.74 Å². The van der Waals surface area contributed by atoms with Gasteiger partial charge in [-0.25, -0.2) is 0 Å². The van der Waals surface area contributed by atoms with Crippen molar-refractivity contribution in [1.82, 2.24) is 8.61 Å². The van der Waals surface area contributed by atoms with Crippen LogP contribution in [-0.2, 0) is 19.7 Å². The smallest absolute Gasteiger partial charge is 0.321 e. The molecule has 1 aliphatic rings. The Morgan fingerprint density at radius 2 is 1.74 bits per heavy atom. The predicted octanol–water partition coefficient (Wildman–Crippen LogP) is 0.991. The minimum atomic E-state index is -3.59. The van der Waals surface area contributed by atoms with E-state index >= 15 is 0 Å². The van der Waals surface area contributed by atoms with Crippen LogP contribution in [0.3, 0.4) is 0 Å². The number of carbonyl (C=O) groups is 1. The molecule has 1 rings (SSSR count). The van der Waals surface area contributed by atoms with Crippen molar-refractivity contribution in [2.75, 3.05) is 26.7 Å². The highest BCUT2D eigenvalue weighted by Gasteiger charge is 2.36. The van der Waals surface area contributed by atoms with E-state index in [-0.39, 0.29) is 12.6 Å². The van der Waals surface area contributed by atoms with E-state index < -0.39 is 16.2 Å². The Kier molecular flexibility index (Phi) is 6.22. The lowest BCUT2D eigenvalue weighted by Gasteiger charge is -2.31. The summed E-state index contributed by atoms with van der Waals surface area (Å²) in [4.78, 5) is 11.5. The number of ether oxygens (including phenoxy) is 1. The fourth-order valence-corrected chi connectivity index (χ4v) is 4.29. The van der Waals surface area contributed by atoms with Crippen molar-refractivity contribution in [2.45, 2.75) is 45.6 Å². The zero-order chi connectivity index (χ0) is 14.5. The van der Waals surface area contributed by atoms with Gasteiger partial charge in [-0.2, -0.15) is 17.0 Å². The Hall–Kier alpha value is -0.660. The van der Waals surface area contributed by atoms with Crippen LogP contribution in [0.1, 0.15) is 39.5 Å². The highest BCUT2D eigenvalue weighted by atomic mass is 32.2. The van der Waals surface area contributed by atoms with Gasteiger partial charge in [0, 0.05) is 19.1 Å². The van der Waals surface area contributed by atoms with Crippen molar-refractivity contribution in [3.05, 3.63) is 0 Å². The van der Waals surface area contributed by atoms with Gasteiger partial charge in [0.15, 0.2) is 0 Å². The standard InChI is InChI=1S/C12H24N2O4S/c1-4-13(5-2)19(16,17)14(10-12(15)18-3)11-8-6-7-9-11/h11H,4-10H2,1-3H3. The zero-order valence-corrected chi connectivity index (χ0v) is 12.8. The normalized spacial score (nSPS) is 17.3. The van der Waals surface area contributed by atoms with E-state index in [1.807, 2.05) is 0 Å². The summed E-state index contributed by atoms with van der Waals surface area (Å²) in [6.45, 7) is 4.21. The van der Waals surface area contributed by atoms with Gasteiger partial charge in [0.1, 0.15) is 6.54 Å². The first-order valence-electron chi connectivity index (χ1n) is 6.81. The van der Waals surface area contributed by atoms with Crippen molar-refractivity contribution in [2.24, 2.45) is 0 Å². The number of hydrogen-bond acceptors (Lipinski definition) is 4. The number of esters is 1. The second-order valence-corrected chi connectivity index (χ2v) is 6.53. The van der Waals surface area contributed by atoms with E-state index in [1.165, 1.54) is 15.7 Å². The summed E-state index contributed by atoms with van der Waals surface area (Å²) in [7, 11) is -2.31. The molecule has 19 heavy (non-hydrogen) atoms. The number of rotatable bonds is 7. The van der Waals surface area contributed by atoms with Crippen molar-refractivity contribution in [3.8, 4) is 0 Å². The minimum Gasteiger partial charge on any atom is -0.468 e. The maximum absolute atomic E-state index is 12.6. The Balaban J connectivity index is 2.97. The number of hydrogen-bond donors (Lipinski definition) is 0. The lowest BCUT2D eigenvalue weighted by Crippen LogP contribution is -2.49. The van der Waals surface area contributed by atoms with Gasteiger partial charge in [0.25, 0.3) is 10.2 Å². The highest BCUT2D eigenvalue weighted by molar-refractivity contribution is 7.86. The molecule has 0 atom stereocenters. The molecule has 1 fully saturated rings. The van der Waals surface area contributed by atoms with E-state index in [1.54, 1.807) is 13.8 Å². The fraction of sp³-hybridized carbons (Fsp3) is 0.917. The van der Waals surface area contributed by atoms with E-state index in [0.29, 0.717) is 13.1 Å². The molecule has 0 N–H and O–H groups in total. The third kappa shape index (κ3) is 3.90. The molecular formula is C12H24N2O4S. The largest absolute Gasteiger partial charge is 0.468 e. The summed E-state index contributed by atoms with van der Waals surface area (Å²) >= 11 is 0. The molecule has 6 nitrogen and oxygen atoms in total. The molecule has 7 heteroatoms. The Labute approximate surface area is 115 Å². The number of carbonyl (C=O) groups excluding carboxylic acids is 1. The van der Waals surface area contributed by atoms with Gasteiger partial charge in [-0.15, -0.1) is 0 Å². The molecule has 0 aromatic heterocycles. The molecule has 1 saturated carbocycles. The van der Waals surface area contributed by atoms with E-state index in [0.717, 1.165) is 25.7 Å². The van der Waals surface area contributed by atoms with Gasteiger partial charge in [0.2, 0.25) is 0 Å². The van der Waals surface area contributed by atoms with Gasteiger partial charge in [-0.1, -0.05) is 26.7 Å². The van der Waals surface area contributed by atoms with Crippen LogP contribution in [0.15, 0.2) is 0 Å². The third-order valence-electron chi connectivity index (χ3n) is 3.57. The summed E-state index contributed by atoms with van der Waals surface area (Å²) < 4.78 is 32.5. The Morgan fingerprint density at radius 1 is 1.21 bits per heavy atom. The van der Waals surface area contributed by atoms with Crippen LogP contribution in [-0.4, -0.2) is 55.8 Å². The molecule has 1 aliphatic carbocycles. The van der Waals surface area contributed by atoms with Gasteiger partial charge in [-0.05, 0) is 12.8 Å². The van der Waals surface area contributed by atoms with Crippen LogP contribution in [0.5, 0.6) is 0 Å². The molecule has 0 aromatic carbocycles. The third-order valence-corrected chi connectivity index (χ3v) is 5.76. The average molecular weight is 292 g/mol. The second kappa shape index (κ2) is 7.21. The number of nitrogens with zero attached hydrogens (tertiary/aromatic N) is 2. The molecular weight excluding hydrogens is 268 g/mol. The molecule has 112 valence electrons. The van der Waals surface area contributed by atoms with Gasteiger partial charge in [0.05, 0.1) is 7.11 Å². The molecule has 0 aliphatic heterocycles. The molecule has 0 bridgehead atoms. The first kappa shape index (κ1) is 16.4. The average Bonchev–Trinajstić information content (AvgIpc) is 2.89. The topological polar surface area (TPSA) is 66.9 Å². The monoisotopic (exact) mass is 292 g/mol. The summed E-state index contributed by atoms with van der Waals surface area (Å²) in [5, 5.41) is 0. The molecule has 0 amide bonds. The molecule has 0 radical (unpaired) electrons. The van der Waals surface area contributed by atoms with Crippen molar-refractivity contribution in [1.29, 1.82) is 0 Å². The maximum Gasteiger partial charge on any atom is 0.321 e. The molecule has 0 aromatic rings. The highest BCUT2D eigenvalue weighted by Crippen LogP contribution is 2.26. The first-order chi connectivity index (χ1) is 8.97. The number of methoxy groups -OCH3 is 1. The summed E-state index contributed by atoms with van der Waals surface area (Å²) in [5.74, 6) is -0.511. The second-order valence-electron chi connectivity index (χ2n) is 4.65. The zero-order valence-electron chi connectivity index (χ0n) is 12.0. The van der Waals surface area contributed by atoms with Crippen LogP contribution in [0.25, 0.3) is 0 Å². The predicted molar refractivity (Wildman–Crippen MR) is 72.8 cm³/mol. The van der Waals surface area contributed by atoms with Crippen LogP contribution in [0, 0.1) is 0 Å². The Bertz CT molecular complexity index is 387. The van der Waals surface area contributed by atoms with Crippen molar-refractivity contribution >= 4 is 16.2 Å². The van der Waals surface area contributed by atoms with Gasteiger partial charge < -0.3 is 4.74 Å². The summed E-state index contributed by atoms with van der Waals surface area (Å²) in [6.07, 6.45) is 3.65. The molecule has 0 unspecified atom stereocenters. The Morgan fingerprint density at radius 3 is 2.16 bits per heavy atom. The van der Waals surface area contributed by atoms with E-state index in [9.17, 15) is 13.2 Å². The van der Waals surface area contributed by atoms with Crippen LogP contribution in [0.2, 0.25) is 0 Å². The van der Waals surface area contributed by atoms with Crippen LogP contribution >= 0.6 is 0 Å². The lowest BCUT2D eigenvalue weighted by molar-refractivity contribution is -0.141. The maximum atomic E-state index is 12.6. The van der Waals surface area contributed by atoms with Crippen LogP contribution < -0.4 is 0 Å². The summed E-state index contributed by atoms with van der Waals surface area (Å²) in [5.41, 5.74) is 0. The van der Waals surface area contributed by atoms with Crippen molar-refractivity contribution in [3.63, 3.8) is 0 Å². The van der Waals surface area contributed by atoms with E-state index in [4.69, 9.17) is 0 Å². The van der Waals surface area contributed by atoms with Gasteiger partial charge in [-0.3, -0.25) is 4.79 Å². The molecule has 0 spiro atoms. The SMILES string of the molecule is CCN(CC)S(=O)(=O)N(CC(=O)OC)C1CCCC1. The molecule has 0 saturated heterocycles. The quantitative estimate of drug-likeness (QED) is 0.656. The minimum absolute atomic E-state index is 0.0790. The fourth-order valence-electron chi connectivity index (χ4n) is 2.48. The van der Waals surface area contributed by atoms with Gasteiger partial charge >= 0.3 is 5.97 Å². The van der Waals surface area contributed by atoms with Crippen molar-refractivity contribution < 1.29 is 17.9 Å². The molecule has 0 heterocycles. The first-order valence-corrected chi connectivity index (χ1v) is 8.20. The summed E-state index contributed by atoms with van der Waals surface area (Å²) in [6, 6.07) is -0.0790.